The highest BCUT2D eigenvalue weighted by Crippen LogP contribution is 2.39. The molecule has 0 radical (unpaired) electrons. The number of ether oxygens (including phenoxy) is 2. The zero-order valence-corrected chi connectivity index (χ0v) is 7.98. The third-order valence-electron chi connectivity index (χ3n) is 2.71. The van der Waals surface area contributed by atoms with Crippen LogP contribution in [-0.2, 0) is 9.47 Å². The lowest BCUT2D eigenvalue weighted by molar-refractivity contribution is -0.161. The van der Waals surface area contributed by atoms with Crippen LogP contribution in [0.4, 0.5) is 0 Å². The molecular weight excluding hydrogens is 176 g/mol. The van der Waals surface area contributed by atoms with Crippen molar-refractivity contribution >= 4 is 11.6 Å². The van der Waals surface area contributed by atoms with Crippen LogP contribution >= 0.6 is 11.6 Å². The van der Waals surface area contributed by atoms with Gasteiger partial charge in [0.2, 0.25) is 0 Å². The van der Waals surface area contributed by atoms with Crippen molar-refractivity contribution in [2.24, 2.45) is 0 Å². The van der Waals surface area contributed by atoms with Crippen molar-refractivity contribution in [3.63, 3.8) is 0 Å². The first-order valence-corrected chi connectivity index (χ1v) is 5.26. The van der Waals surface area contributed by atoms with Gasteiger partial charge in [0.1, 0.15) is 0 Å². The molecule has 0 amide bonds. The van der Waals surface area contributed by atoms with Crippen molar-refractivity contribution in [2.45, 2.75) is 44.0 Å². The van der Waals surface area contributed by atoms with E-state index in [4.69, 9.17) is 21.1 Å². The maximum Gasteiger partial charge on any atom is 0.168 e. The van der Waals surface area contributed by atoms with Crippen molar-refractivity contribution in [1.29, 1.82) is 0 Å². The van der Waals surface area contributed by atoms with Gasteiger partial charge in [0.05, 0.1) is 12.7 Å². The lowest BCUT2D eigenvalue weighted by Crippen LogP contribution is -2.26. The summed E-state index contributed by atoms with van der Waals surface area (Å²) < 4.78 is 11.5. The highest BCUT2D eigenvalue weighted by molar-refractivity contribution is 6.17. The van der Waals surface area contributed by atoms with Gasteiger partial charge in [-0.1, -0.05) is 0 Å². The molecule has 1 aliphatic carbocycles. The molecule has 2 fully saturated rings. The van der Waals surface area contributed by atoms with Crippen LogP contribution < -0.4 is 0 Å². The minimum atomic E-state index is -0.198. The molecule has 1 heterocycles. The van der Waals surface area contributed by atoms with Crippen LogP contribution in [0.1, 0.15) is 32.1 Å². The first-order valence-electron chi connectivity index (χ1n) is 4.72. The molecule has 0 unspecified atom stereocenters. The van der Waals surface area contributed by atoms with Gasteiger partial charge >= 0.3 is 0 Å². The molecule has 3 heteroatoms. The van der Waals surface area contributed by atoms with Gasteiger partial charge in [0.25, 0.3) is 0 Å². The molecule has 70 valence electrons. The predicted molar refractivity (Wildman–Crippen MR) is 47.4 cm³/mol. The minimum absolute atomic E-state index is 0.198. The molecule has 1 aliphatic heterocycles. The zero-order valence-electron chi connectivity index (χ0n) is 7.22. The molecule has 0 aromatic heterocycles. The summed E-state index contributed by atoms with van der Waals surface area (Å²) in [7, 11) is 0. The number of hydrogen-bond donors (Lipinski definition) is 0. The number of hydrogen-bond acceptors (Lipinski definition) is 2. The van der Waals surface area contributed by atoms with Gasteiger partial charge in [-0.25, -0.2) is 0 Å². The summed E-state index contributed by atoms with van der Waals surface area (Å²) in [6, 6.07) is 0. The first-order chi connectivity index (χ1) is 5.85. The van der Waals surface area contributed by atoms with E-state index in [0.717, 1.165) is 25.9 Å². The van der Waals surface area contributed by atoms with Gasteiger partial charge in [-0.3, -0.25) is 0 Å². The molecule has 1 atom stereocenters. The van der Waals surface area contributed by atoms with Crippen molar-refractivity contribution < 1.29 is 9.47 Å². The van der Waals surface area contributed by atoms with Crippen LogP contribution in [0, 0.1) is 0 Å². The van der Waals surface area contributed by atoms with Gasteiger partial charge in [-0.15, -0.1) is 11.6 Å². The molecule has 1 saturated carbocycles. The van der Waals surface area contributed by atoms with E-state index in [-0.39, 0.29) is 11.9 Å². The second kappa shape index (κ2) is 3.52. The topological polar surface area (TPSA) is 18.5 Å². The largest absolute Gasteiger partial charge is 0.347 e. The maximum atomic E-state index is 5.84. The van der Waals surface area contributed by atoms with Crippen LogP contribution in [0.2, 0.25) is 0 Å². The SMILES string of the molecule is ClCC[C@@H]1COC2(CCCC2)O1. The van der Waals surface area contributed by atoms with E-state index in [9.17, 15) is 0 Å². The average molecular weight is 191 g/mol. The fourth-order valence-corrected chi connectivity index (χ4v) is 2.30. The van der Waals surface area contributed by atoms with E-state index >= 15 is 0 Å². The molecule has 0 aromatic rings. The monoisotopic (exact) mass is 190 g/mol. The molecule has 12 heavy (non-hydrogen) atoms. The van der Waals surface area contributed by atoms with Crippen molar-refractivity contribution in [2.75, 3.05) is 12.5 Å². The summed E-state index contributed by atoms with van der Waals surface area (Å²) in [6.45, 7) is 0.743. The van der Waals surface area contributed by atoms with Crippen molar-refractivity contribution in [1.82, 2.24) is 0 Å². The quantitative estimate of drug-likeness (QED) is 0.623. The Balaban J connectivity index is 1.88. The number of halogens is 1. The molecular formula is C9H15ClO2. The molecule has 0 aromatic carbocycles. The van der Waals surface area contributed by atoms with Crippen LogP contribution in [0.25, 0.3) is 0 Å². The Kier molecular flexibility index (Phi) is 2.58. The van der Waals surface area contributed by atoms with Crippen LogP contribution in [0.3, 0.4) is 0 Å². The molecule has 1 saturated heterocycles. The second-order valence-electron chi connectivity index (χ2n) is 3.65. The van der Waals surface area contributed by atoms with Crippen LogP contribution in [0.5, 0.6) is 0 Å². The second-order valence-corrected chi connectivity index (χ2v) is 4.02. The summed E-state index contributed by atoms with van der Waals surface area (Å²) in [5.74, 6) is 0.473. The van der Waals surface area contributed by atoms with Gasteiger partial charge in [-0.05, 0) is 19.3 Å². The number of rotatable bonds is 2. The van der Waals surface area contributed by atoms with E-state index in [1.165, 1.54) is 12.8 Å². The highest BCUT2D eigenvalue weighted by atomic mass is 35.5. The molecule has 2 rings (SSSR count). The summed E-state index contributed by atoms with van der Waals surface area (Å²) in [4.78, 5) is 0. The minimum Gasteiger partial charge on any atom is -0.347 e. The summed E-state index contributed by atoms with van der Waals surface area (Å²) in [5.41, 5.74) is 0. The fraction of sp³-hybridized carbons (Fsp3) is 1.00. The zero-order chi connectivity index (χ0) is 8.44. The Morgan fingerprint density at radius 1 is 1.33 bits per heavy atom. The van der Waals surface area contributed by atoms with E-state index in [2.05, 4.69) is 0 Å². The van der Waals surface area contributed by atoms with E-state index in [1.807, 2.05) is 0 Å². The third kappa shape index (κ3) is 1.61. The Labute approximate surface area is 78.2 Å². The molecule has 0 bridgehead atoms. The standard InChI is InChI=1S/C9H15ClO2/c10-6-3-8-7-11-9(12-8)4-1-2-5-9/h8H,1-7H2/t8-/m1/s1. The van der Waals surface area contributed by atoms with Gasteiger partial charge < -0.3 is 9.47 Å². The Hall–Kier alpha value is 0.210. The number of alkyl halides is 1. The van der Waals surface area contributed by atoms with Gasteiger partial charge in [-0.2, -0.15) is 0 Å². The van der Waals surface area contributed by atoms with E-state index in [0.29, 0.717) is 5.88 Å². The fourth-order valence-electron chi connectivity index (χ4n) is 2.06. The third-order valence-corrected chi connectivity index (χ3v) is 2.93. The molecule has 0 N–H and O–H groups in total. The Morgan fingerprint density at radius 3 is 2.75 bits per heavy atom. The molecule has 1 spiro atoms. The Morgan fingerprint density at radius 2 is 2.08 bits per heavy atom. The first kappa shape index (κ1) is 8.79. The van der Waals surface area contributed by atoms with Crippen LogP contribution in [-0.4, -0.2) is 24.4 Å². The summed E-state index contributed by atoms with van der Waals surface area (Å²) in [5, 5.41) is 0. The average Bonchev–Trinajstić information content (AvgIpc) is 2.65. The molecule has 2 aliphatic rings. The summed E-state index contributed by atoms with van der Waals surface area (Å²) in [6.07, 6.45) is 5.81. The Bertz CT molecular complexity index is 155. The highest BCUT2D eigenvalue weighted by Gasteiger charge is 2.43. The smallest absolute Gasteiger partial charge is 0.168 e. The lowest BCUT2D eigenvalue weighted by Gasteiger charge is -2.21. The molecule has 2 nitrogen and oxygen atoms in total. The van der Waals surface area contributed by atoms with Crippen molar-refractivity contribution in [3.8, 4) is 0 Å². The normalized spacial score (nSPS) is 33.2. The van der Waals surface area contributed by atoms with E-state index in [1.54, 1.807) is 0 Å². The lowest BCUT2D eigenvalue weighted by atomic mass is 10.2. The van der Waals surface area contributed by atoms with Gasteiger partial charge in [0, 0.05) is 18.7 Å². The maximum absolute atomic E-state index is 5.84. The predicted octanol–water partition coefficient (Wildman–Crippen LogP) is 2.30. The van der Waals surface area contributed by atoms with Crippen LogP contribution in [0.15, 0.2) is 0 Å². The van der Waals surface area contributed by atoms with Crippen molar-refractivity contribution in [3.05, 3.63) is 0 Å². The summed E-state index contributed by atoms with van der Waals surface area (Å²) >= 11 is 5.64. The van der Waals surface area contributed by atoms with Gasteiger partial charge in [0.15, 0.2) is 5.79 Å². The van der Waals surface area contributed by atoms with E-state index < -0.39 is 0 Å².